The molecular weight excluding hydrogens is 246 g/mol. The van der Waals surface area contributed by atoms with Crippen molar-refractivity contribution in [2.75, 3.05) is 7.11 Å². The van der Waals surface area contributed by atoms with Crippen LogP contribution >= 0.6 is 0 Å². The van der Waals surface area contributed by atoms with Crippen LogP contribution in [0.1, 0.15) is 31.2 Å². The van der Waals surface area contributed by atoms with Gasteiger partial charge in [-0.25, -0.2) is 0 Å². The molecule has 0 saturated heterocycles. The molecule has 1 atom stereocenters. The second-order valence-electron chi connectivity index (χ2n) is 5.99. The summed E-state index contributed by atoms with van der Waals surface area (Å²) >= 11 is 0. The smallest absolute Gasteiger partial charge is 0.119 e. The highest BCUT2D eigenvalue weighted by Gasteiger charge is 2.21. The van der Waals surface area contributed by atoms with Crippen LogP contribution in [-0.4, -0.2) is 13.2 Å². The van der Waals surface area contributed by atoms with E-state index in [1.807, 2.05) is 6.07 Å². The second-order valence-corrected chi connectivity index (χ2v) is 5.99. The van der Waals surface area contributed by atoms with Crippen LogP contribution in [0, 0.1) is 5.92 Å². The highest BCUT2D eigenvalue weighted by atomic mass is 16.5. The molecule has 2 heteroatoms. The van der Waals surface area contributed by atoms with Gasteiger partial charge in [-0.05, 0) is 53.6 Å². The minimum atomic E-state index is 0.271. The molecule has 106 valence electrons. The van der Waals surface area contributed by atoms with Crippen LogP contribution in [-0.2, 0) is 6.42 Å². The first-order valence-electron chi connectivity index (χ1n) is 7.57. The molecule has 1 aliphatic carbocycles. The standard InChI is InChI=1S/C18H23NO/c1-20-17-10-8-14-3-2-4-15(18(14)12-17)11-16(19)9-7-13-5-6-13/h2-4,8,10,12-13,16H,5-7,9,11,19H2,1H3. The van der Waals surface area contributed by atoms with E-state index in [-0.39, 0.29) is 6.04 Å². The van der Waals surface area contributed by atoms with Crippen molar-refractivity contribution in [3.8, 4) is 5.75 Å². The van der Waals surface area contributed by atoms with Crippen molar-refractivity contribution in [3.63, 3.8) is 0 Å². The molecule has 1 fully saturated rings. The predicted octanol–water partition coefficient (Wildman–Crippen LogP) is 3.91. The Bertz CT molecular complexity index is 589. The van der Waals surface area contributed by atoms with Gasteiger partial charge in [0.1, 0.15) is 5.75 Å². The van der Waals surface area contributed by atoms with Crippen molar-refractivity contribution in [2.45, 2.75) is 38.1 Å². The summed E-state index contributed by atoms with van der Waals surface area (Å²) in [5, 5.41) is 2.53. The van der Waals surface area contributed by atoms with E-state index >= 15 is 0 Å². The molecule has 0 spiro atoms. The normalized spacial score (nSPS) is 16.3. The minimum absolute atomic E-state index is 0.271. The molecule has 3 rings (SSSR count). The monoisotopic (exact) mass is 269 g/mol. The summed E-state index contributed by atoms with van der Waals surface area (Å²) in [7, 11) is 1.71. The van der Waals surface area contributed by atoms with Gasteiger partial charge >= 0.3 is 0 Å². The lowest BCUT2D eigenvalue weighted by Gasteiger charge is -2.14. The maximum absolute atomic E-state index is 6.31. The summed E-state index contributed by atoms with van der Waals surface area (Å²) in [6.45, 7) is 0. The number of fused-ring (bicyclic) bond motifs is 1. The summed E-state index contributed by atoms with van der Waals surface area (Å²) in [4.78, 5) is 0. The number of nitrogens with two attached hydrogens (primary N) is 1. The Morgan fingerprint density at radius 2 is 2.10 bits per heavy atom. The van der Waals surface area contributed by atoms with Crippen LogP contribution in [0.2, 0.25) is 0 Å². The number of hydrogen-bond donors (Lipinski definition) is 1. The van der Waals surface area contributed by atoms with E-state index in [1.165, 1.54) is 35.6 Å². The van der Waals surface area contributed by atoms with Gasteiger partial charge in [-0.3, -0.25) is 0 Å². The zero-order chi connectivity index (χ0) is 13.9. The maximum Gasteiger partial charge on any atom is 0.119 e. The van der Waals surface area contributed by atoms with Crippen LogP contribution < -0.4 is 10.5 Å². The topological polar surface area (TPSA) is 35.2 Å². The van der Waals surface area contributed by atoms with Crippen LogP contribution in [0.4, 0.5) is 0 Å². The predicted molar refractivity (Wildman–Crippen MR) is 84.1 cm³/mol. The molecule has 1 aliphatic rings. The number of rotatable bonds is 6. The summed E-state index contributed by atoms with van der Waals surface area (Å²) < 4.78 is 5.34. The molecule has 0 amide bonds. The Kier molecular flexibility index (Phi) is 3.93. The molecular formula is C18H23NO. The summed E-state index contributed by atoms with van der Waals surface area (Å²) in [6, 6.07) is 13.0. The van der Waals surface area contributed by atoms with E-state index in [2.05, 4.69) is 30.3 Å². The van der Waals surface area contributed by atoms with Gasteiger partial charge in [0, 0.05) is 6.04 Å². The largest absolute Gasteiger partial charge is 0.497 e. The molecule has 0 aliphatic heterocycles. The fraction of sp³-hybridized carbons (Fsp3) is 0.444. The lowest BCUT2D eigenvalue weighted by Crippen LogP contribution is -2.22. The third-order valence-electron chi connectivity index (χ3n) is 4.30. The molecule has 1 saturated carbocycles. The third kappa shape index (κ3) is 3.13. The van der Waals surface area contributed by atoms with Gasteiger partial charge in [-0.1, -0.05) is 37.1 Å². The van der Waals surface area contributed by atoms with Crippen molar-refractivity contribution in [1.29, 1.82) is 0 Å². The van der Waals surface area contributed by atoms with Crippen molar-refractivity contribution < 1.29 is 4.74 Å². The average molecular weight is 269 g/mol. The van der Waals surface area contributed by atoms with E-state index in [4.69, 9.17) is 10.5 Å². The lowest BCUT2D eigenvalue weighted by atomic mass is 9.96. The van der Waals surface area contributed by atoms with E-state index in [9.17, 15) is 0 Å². The fourth-order valence-electron chi connectivity index (χ4n) is 2.86. The van der Waals surface area contributed by atoms with Gasteiger partial charge < -0.3 is 10.5 Å². The maximum atomic E-state index is 6.31. The molecule has 0 heterocycles. The summed E-state index contributed by atoms with van der Waals surface area (Å²) in [5.74, 6) is 1.88. The van der Waals surface area contributed by atoms with E-state index in [0.29, 0.717) is 0 Å². The van der Waals surface area contributed by atoms with Gasteiger partial charge in [0.25, 0.3) is 0 Å². The van der Waals surface area contributed by atoms with Crippen molar-refractivity contribution >= 4 is 10.8 Å². The Labute approximate surface area is 120 Å². The van der Waals surface area contributed by atoms with E-state index in [0.717, 1.165) is 24.5 Å². The Balaban J connectivity index is 1.78. The Morgan fingerprint density at radius 1 is 1.25 bits per heavy atom. The van der Waals surface area contributed by atoms with Crippen LogP contribution in [0.15, 0.2) is 36.4 Å². The third-order valence-corrected chi connectivity index (χ3v) is 4.30. The quantitative estimate of drug-likeness (QED) is 0.863. The number of benzene rings is 2. The summed E-state index contributed by atoms with van der Waals surface area (Å²) in [5.41, 5.74) is 7.65. The zero-order valence-corrected chi connectivity index (χ0v) is 12.1. The van der Waals surface area contributed by atoms with Gasteiger partial charge in [0.2, 0.25) is 0 Å². The van der Waals surface area contributed by atoms with Gasteiger partial charge in [0.15, 0.2) is 0 Å². The first-order chi connectivity index (χ1) is 9.76. The number of ether oxygens (including phenoxy) is 1. The van der Waals surface area contributed by atoms with Gasteiger partial charge in [-0.2, -0.15) is 0 Å². The lowest BCUT2D eigenvalue weighted by molar-refractivity contribution is 0.415. The van der Waals surface area contributed by atoms with Gasteiger partial charge in [-0.15, -0.1) is 0 Å². The zero-order valence-electron chi connectivity index (χ0n) is 12.1. The molecule has 0 radical (unpaired) electrons. The SMILES string of the molecule is COc1ccc2cccc(CC(N)CCC3CC3)c2c1. The second kappa shape index (κ2) is 5.84. The van der Waals surface area contributed by atoms with E-state index in [1.54, 1.807) is 7.11 Å². The molecule has 0 bridgehead atoms. The highest BCUT2D eigenvalue weighted by Crippen LogP contribution is 2.34. The molecule has 2 aromatic carbocycles. The van der Waals surface area contributed by atoms with Crippen molar-refractivity contribution in [3.05, 3.63) is 42.0 Å². The Hall–Kier alpha value is -1.54. The molecule has 0 aromatic heterocycles. The molecule has 2 N–H and O–H groups in total. The van der Waals surface area contributed by atoms with Crippen molar-refractivity contribution in [1.82, 2.24) is 0 Å². The minimum Gasteiger partial charge on any atom is -0.497 e. The molecule has 2 aromatic rings. The molecule has 1 unspecified atom stereocenters. The van der Waals surface area contributed by atoms with Crippen molar-refractivity contribution in [2.24, 2.45) is 11.7 Å². The highest BCUT2D eigenvalue weighted by molar-refractivity contribution is 5.87. The first kappa shape index (κ1) is 13.4. The van der Waals surface area contributed by atoms with Crippen LogP contribution in [0.3, 0.4) is 0 Å². The number of methoxy groups -OCH3 is 1. The number of hydrogen-bond acceptors (Lipinski definition) is 2. The van der Waals surface area contributed by atoms with Crippen LogP contribution in [0.25, 0.3) is 10.8 Å². The molecule has 2 nitrogen and oxygen atoms in total. The van der Waals surface area contributed by atoms with Gasteiger partial charge in [0.05, 0.1) is 7.11 Å². The van der Waals surface area contributed by atoms with E-state index < -0.39 is 0 Å². The fourth-order valence-corrected chi connectivity index (χ4v) is 2.86. The van der Waals surface area contributed by atoms with Crippen LogP contribution in [0.5, 0.6) is 5.75 Å². The Morgan fingerprint density at radius 3 is 2.85 bits per heavy atom. The average Bonchev–Trinajstić information content (AvgIpc) is 3.29. The molecule has 20 heavy (non-hydrogen) atoms. The first-order valence-corrected chi connectivity index (χ1v) is 7.57. The summed E-state index contributed by atoms with van der Waals surface area (Å²) in [6.07, 6.45) is 6.23.